The first kappa shape index (κ1) is 18.2. The molecule has 2 aromatic carbocycles. The summed E-state index contributed by atoms with van der Waals surface area (Å²) < 4.78 is 0. The largest absolute Gasteiger partial charge is 0.324 e. The SMILES string of the molecule is O=C(Nc1cc(Cl)cc(Cl)c1)[C@@H](NC1CCCCC1)c1ccccc1. The van der Waals surface area contributed by atoms with Crippen LogP contribution < -0.4 is 10.6 Å². The predicted octanol–water partition coefficient (Wildman–Crippen LogP) is 5.60. The van der Waals surface area contributed by atoms with Crippen LogP contribution in [0.4, 0.5) is 5.69 Å². The minimum atomic E-state index is -0.401. The Labute approximate surface area is 158 Å². The lowest BCUT2D eigenvalue weighted by molar-refractivity contribution is -0.118. The Morgan fingerprint density at radius 1 is 0.960 bits per heavy atom. The van der Waals surface area contributed by atoms with E-state index in [0.717, 1.165) is 18.4 Å². The monoisotopic (exact) mass is 376 g/mol. The van der Waals surface area contributed by atoms with Crippen molar-refractivity contribution in [2.75, 3.05) is 5.32 Å². The summed E-state index contributed by atoms with van der Waals surface area (Å²) in [6.45, 7) is 0. The minimum Gasteiger partial charge on any atom is -0.324 e. The van der Waals surface area contributed by atoms with Gasteiger partial charge in [-0.2, -0.15) is 0 Å². The van der Waals surface area contributed by atoms with Gasteiger partial charge in [0.15, 0.2) is 0 Å². The van der Waals surface area contributed by atoms with Gasteiger partial charge in [0, 0.05) is 21.8 Å². The summed E-state index contributed by atoms with van der Waals surface area (Å²) in [6, 6.07) is 14.8. The highest BCUT2D eigenvalue weighted by atomic mass is 35.5. The number of carbonyl (C=O) groups excluding carboxylic acids is 1. The van der Waals surface area contributed by atoms with Crippen LogP contribution in [0, 0.1) is 0 Å². The van der Waals surface area contributed by atoms with Gasteiger partial charge in [-0.25, -0.2) is 0 Å². The molecule has 5 heteroatoms. The molecular formula is C20H22Cl2N2O. The van der Waals surface area contributed by atoms with Gasteiger partial charge in [0.05, 0.1) is 0 Å². The summed E-state index contributed by atoms with van der Waals surface area (Å²) in [6.07, 6.45) is 5.93. The molecule has 2 aromatic rings. The molecule has 25 heavy (non-hydrogen) atoms. The Morgan fingerprint density at radius 2 is 1.60 bits per heavy atom. The van der Waals surface area contributed by atoms with Gasteiger partial charge in [-0.15, -0.1) is 0 Å². The first-order chi connectivity index (χ1) is 12.1. The smallest absolute Gasteiger partial charge is 0.246 e. The average molecular weight is 377 g/mol. The molecule has 1 saturated carbocycles. The van der Waals surface area contributed by atoms with Crippen LogP contribution >= 0.6 is 23.2 Å². The second kappa shape index (κ2) is 8.70. The first-order valence-corrected chi connectivity index (χ1v) is 9.45. The van der Waals surface area contributed by atoms with Gasteiger partial charge in [-0.1, -0.05) is 72.8 Å². The number of hydrogen-bond donors (Lipinski definition) is 2. The van der Waals surface area contributed by atoms with Crippen LogP contribution in [0.2, 0.25) is 10.0 Å². The number of amides is 1. The topological polar surface area (TPSA) is 41.1 Å². The van der Waals surface area contributed by atoms with Gasteiger partial charge in [0.25, 0.3) is 0 Å². The molecule has 0 radical (unpaired) electrons. The average Bonchev–Trinajstić information content (AvgIpc) is 2.60. The standard InChI is InChI=1S/C20H22Cl2N2O/c21-15-11-16(22)13-18(12-15)24-20(25)19(14-7-3-1-4-8-14)23-17-9-5-2-6-10-17/h1,3-4,7-8,11-13,17,19,23H,2,5-6,9-10H2,(H,24,25)/t19-/m0/s1. The summed E-state index contributed by atoms with van der Waals surface area (Å²) in [7, 11) is 0. The molecular weight excluding hydrogens is 355 g/mol. The number of halogens is 2. The van der Waals surface area contributed by atoms with E-state index in [1.807, 2.05) is 30.3 Å². The zero-order valence-corrected chi connectivity index (χ0v) is 15.5. The summed E-state index contributed by atoms with van der Waals surface area (Å²) in [5.41, 5.74) is 1.56. The molecule has 132 valence electrons. The van der Waals surface area contributed by atoms with Gasteiger partial charge in [-0.3, -0.25) is 10.1 Å². The van der Waals surface area contributed by atoms with Crippen LogP contribution in [-0.2, 0) is 4.79 Å². The fourth-order valence-electron chi connectivity index (χ4n) is 3.31. The number of rotatable bonds is 5. The number of carbonyl (C=O) groups is 1. The molecule has 1 aliphatic carbocycles. The van der Waals surface area contributed by atoms with Crippen molar-refractivity contribution >= 4 is 34.8 Å². The Bertz CT molecular complexity index is 695. The van der Waals surface area contributed by atoms with Gasteiger partial charge in [0.2, 0.25) is 5.91 Å². The summed E-state index contributed by atoms with van der Waals surface area (Å²) >= 11 is 12.1. The van der Waals surface area contributed by atoms with E-state index in [0.29, 0.717) is 21.8 Å². The molecule has 3 nitrogen and oxygen atoms in total. The van der Waals surface area contributed by atoms with Crippen LogP contribution in [0.1, 0.15) is 43.7 Å². The summed E-state index contributed by atoms with van der Waals surface area (Å²) in [5.74, 6) is -0.102. The lowest BCUT2D eigenvalue weighted by Gasteiger charge is -2.28. The van der Waals surface area contributed by atoms with E-state index in [2.05, 4.69) is 10.6 Å². The van der Waals surface area contributed by atoms with Crippen molar-refractivity contribution < 1.29 is 4.79 Å². The van der Waals surface area contributed by atoms with E-state index in [9.17, 15) is 4.79 Å². The Kier molecular flexibility index (Phi) is 6.35. The predicted molar refractivity (Wildman–Crippen MR) is 104 cm³/mol. The van der Waals surface area contributed by atoms with E-state index < -0.39 is 6.04 Å². The van der Waals surface area contributed by atoms with Crippen molar-refractivity contribution in [2.24, 2.45) is 0 Å². The normalized spacial score (nSPS) is 16.4. The molecule has 0 unspecified atom stereocenters. The van der Waals surface area contributed by atoms with E-state index in [1.54, 1.807) is 18.2 Å². The molecule has 0 aromatic heterocycles. The van der Waals surface area contributed by atoms with Crippen LogP contribution in [0.25, 0.3) is 0 Å². The lowest BCUT2D eigenvalue weighted by Crippen LogP contribution is -2.40. The fraction of sp³-hybridized carbons (Fsp3) is 0.350. The Hall–Kier alpha value is -1.55. The highest BCUT2D eigenvalue weighted by Gasteiger charge is 2.25. The Balaban J connectivity index is 1.78. The maximum atomic E-state index is 12.9. The van der Waals surface area contributed by atoms with Crippen LogP contribution in [0.5, 0.6) is 0 Å². The first-order valence-electron chi connectivity index (χ1n) is 8.70. The molecule has 1 fully saturated rings. The number of hydrogen-bond acceptors (Lipinski definition) is 2. The molecule has 0 saturated heterocycles. The van der Waals surface area contributed by atoms with Crippen molar-refractivity contribution in [2.45, 2.75) is 44.2 Å². The second-order valence-electron chi connectivity index (χ2n) is 6.49. The molecule has 2 N–H and O–H groups in total. The second-order valence-corrected chi connectivity index (χ2v) is 7.37. The maximum absolute atomic E-state index is 12.9. The van der Waals surface area contributed by atoms with E-state index in [1.165, 1.54) is 19.3 Å². The van der Waals surface area contributed by atoms with E-state index in [4.69, 9.17) is 23.2 Å². The molecule has 0 aliphatic heterocycles. The third-order valence-electron chi connectivity index (χ3n) is 4.53. The van der Waals surface area contributed by atoms with E-state index >= 15 is 0 Å². The van der Waals surface area contributed by atoms with Crippen molar-refractivity contribution in [3.8, 4) is 0 Å². The summed E-state index contributed by atoms with van der Waals surface area (Å²) in [4.78, 5) is 12.9. The number of benzene rings is 2. The molecule has 0 heterocycles. The van der Waals surface area contributed by atoms with Crippen LogP contribution in [0.15, 0.2) is 48.5 Å². The van der Waals surface area contributed by atoms with Gasteiger partial charge >= 0.3 is 0 Å². The van der Waals surface area contributed by atoms with Gasteiger partial charge in [0.1, 0.15) is 6.04 Å². The zero-order valence-electron chi connectivity index (χ0n) is 14.0. The minimum absolute atomic E-state index is 0.102. The zero-order chi connectivity index (χ0) is 17.6. The number of anilines is 1. The maximum Gasteiger partial charge on any atom is 0.246 e. The molecule has 3 rings (SSSR count). The van der Waals surface area contributed by atoms with Crippen LogP contribution in [0.3, 0.4) is 0 Å². The third kappa shape index (κ3) is 5.21. The van der Waals surface area contributed by atoms with Crippen molar-refractivity contribution in [1.82, 2.24) is 5.32 Å². The van der Waals surface area contributed by atoms with Gasteiger partial charge < -0.3 is 5.32 Å². The van der Waals surface area contributed by atoms with Crippen molar-refractivity contribution in [3.63, 3.8) is 0 Å². The highest BCUT2D eigenvalue weighted by molar-refractivity contribution is 6.35. The van der Waals surface area contributed by atoms with Crippen molar-refractivity contribution in [1.29, 1.82) is 0 Å². The molecule has 1 aliphatic rings. The van der Waals surface area contributed by atoms with Crippen molar-refractivity contribution in [3.05, 3.63) is 64.1 Å². The van der Waals surface area contributed by atoms with E-state index in [-0.39, 0.29) is 5.91 Å². The molecule has 0 bridgehead atoms. The highest BCUT2D eigenvalue weighted by Crippen LogP contribution is 2.25. The molecule has 0 spiro atoms. The van der Waals surface area contributed by atoms with Crippen LogP contribution in [-0.4, -0.2) is 11.9 Å². The third-order valence-corrected chi connectivity index (χ3v) is 4.97. The lowest BCUT2D eigenvalue weighted by atomic mass is 9.93. The fourth-order valence-corrected chi connectivity index (χ4v) is 3.84. The molecule has 1 amide bonds. The Morgan fingerprint density at radius 3 is 2.24 bits per heavy atom. The molecule has 1 atom stereocenters. The summed E-state index contributed by atoms with van der Waals surface area (Å²) in [5, 5.41) is 7.48. The number of nitrogens with one attached hydrogen (secondary N) is 2. The quantitative estimate of drug-likeness (QED) is 0.713. The van der Waals surface area contributed by atoms with Gasteiger partial charge in [-0.05, 0) is 36.6 Å².